The molecule has 122 valence electrons. The van der Waals surface area contributed by atoms with Crippen molar-refractivity contribution in [2.24, 2.45) is 0 Å². The molecule has 2 aliphatic heterocycles. The Labute approximate surface area is 132 Å². The molecule has 5 nitrogen and oxygen atoms in total. The molecule has 0 radical (unpaired) electrons. The zero-order chi connectivity index (χ0) is 15.9. The Kier molecular flexibility index (Phi) is 4.18. The van der Waals surface area contributed by atoms with Crippen molar-refractivity contribution >= 4 is 15.7 Å². The summed E-state index contributed by atoms with van der Waals surface area (Å²) >= 11 is 0. The topological polar surface area (TPSA) is 60.9 Å². The first-order chi connectivity index (χ1) is 10.4. The number of nitrogens with zero attached hydrogens (tertiary/aromatic N) is 2. The molecular weight excluding hydrogens is 300 g/mol. The molecule has 0 amide bonds. The van der Waals surface area contributed by atoms with Gasteiger partial charge in [-0.3, -0.25) is 4.31 Å². The second-order valence-electron chi connectivity index (χ2n) is 6.52. The zero-order valence-corrected chi connectivity index (χ0v) is 14.0. The SMILES string of the molecule is C[C@@H]1Cc2cc([C@@H](O)CN3CCCC3)ccc2N1S(C)(=O)=O. The van der Waals surface area contributed by atoms with Gasteiger partial charge in [-0.1, -0.05) is 12.1 Å². The highest BCUT2D eigenvalue weighted by Crippen LogP contribution is 2.35. The third-order valence-corrected chi connectivity index (χ3v) is 5.90. The summed E-state index contributed by atoms with van der Waals surface area (Å²) in [4.78, 5) is 2.28. The fraction of sp³-hybridized carbons (Fsp3) is 0.625. The number of anilines is 1. The number of sulfonamides is 1. The van der Waals surface area contributed by atoms with Crippen molar-refractivity contribution in [2.45, 2.75) is 38.3 Å². The first kappa shape index (κ1) is 15.8. The van der Waals surface area contributed by atoms with Gasteiger partial charge in [-0.05, 0) is 56.5 Å². The van der Waals surface area contributed by atoms with E-state index in [1.54, 1.807) is 0 Å². The number of rotatable bonds is 4. The molecule has 3 rings (SSSR count). The van der Waals surface area contributed by atoms with E-state index in [1.807, 2.05) is 25.1 Å². The van der Waals surface area contributed by atoms with Crippen molar-refractivity contribution < 1.29 is 13.5 Å². The van der Waals surface area contributed by atoms with Gasteiger partial charge in [0.2, 0.25) is 10.0 Å². The van der Waals surface area contributed by atoms with Gasteiger partial charge < -0.3 is 10.0 Å². The van der Waals surface area contributed by atoms with Crippen molar-refractivity contribution in [1.29, 1.82) is 0 Å². The second-order valence-corrected chi connectivity index (χ2v) is 8.38. The van der Waals surface area contributed by atoms with E-state index in [4.69, 9.17) is 0 Å². The quantitative estimate of drug-likeness (QED) is 0.912. The Morgan fingerprint density at radius 3 is 2.64 bits per heavy atom. The molecule has 0 spiro atoms. The molecule has 1 aromatic rings. The van der Waals surface area contributed by atoms with Crippen LogP contribution in [0.2, 0.25) is 0 Å². The molecule has 1 saturated heterocycles. The van der Waals surface area contributed by atoms with E-state index in [1.165, 1.54) is 23.4 Å². The molecule has 0 saturated carbocycles. The van der Waals surface area contributed by atoms with E-state index < -0.39 is 16.1 Å². The average Bonchev–Trinajstić information content (AvgIpc) is 3.02. The minimum atomic E-state index is -3.25. The van der Waals surface area contributed by atoms with Gasteiger partial charge in [0.05, 0.1) is 18.0 Å². The summed E-state index contributed by atoms with van der Waals surface area (Å²) in [5.41, 5.74) is 2.65. The first-order valence-corrected chi connectivity index (χ1v) is 9.74. The summed E-state index contributed by atoms with van der Waals surface area (Å²) in [6, 6.07) is 5.60. The summed E-state index contributed by atoms with van der Waals surface area (Å²) in [5.74, 6) is 0. The van der Waals surface area contributed by atoms with Crippen LogP contribution in [0.5, 0.6) is 0 Å². The van der Waals surface area contributed by atoms with E-state index in [2.05, 4.69) is 4.90 Å². The van der Waals surface area contributed by atoms with Crippen LogP contribution in [0, 0.1) is 0 Å². The maximum absolute atomic E-state index is 11.9. The molecule has 6 heteroatoms. The first-order valence-electron chi connectivity index (χ1n) is 7.89. The molecular formula is C16H24N2O3S. The highest BCUT2D eigenvalue weighted by molar-refractivity contribution is 7.92. The summed E-state index contributed by atoms with van der Waals surface area (Å²) < 4.78 is 25.3. The molecule has 0 aromatic heterocycles. The summed E-state index contributed by atoms with van der Waals surface area (Å²) in [5, 5.41) is 10.4. The maximum Gasteiger partial charge on any atom is 0.232 e. The molecule has 2 heterocycles. The van der Waals surface area contributed by atoms with Crippen molar-refractivity contribution in [3.8, 4) is 0 Å². The Morgan fingerprint density at radius 2 is 2.00 bits per heavy atom. The normalized spacial score (nSPS) is 23.8. The van der Waals surface area contributed by atoms with Gasteiger partial charge in [-0.25, -0.2) is 8.42 Å². The standard InChI is InChI=1S/C16H24N2O3S/c1-12-9-14-10-13(16(19)11-17-7-3-4-8-17)5-6-15(14)18(12)22(2,20)21/h5-6,10,12,16,19H,3-4,7-9,11H2,1-2H3/t12-,16+/m1/s1. The van der Waals surface area contributed by atoms with Gasteiger partial charge in [0.15, 0.2) is 0 Å². The Balaban J connectivity index is 1.81. The van der Waals surface area contributed by atoms with Gasteiger partial charge >= 0.3 is 0 Å². The van der Waals surface area contributed by atoms with Crippen LogP contribution in [0.3, 0.4) is 0 Å². The van der Waals surface area contributed by atoms with E-state index in [0.717, 1.165) is 29.9 Å². The van der Waals surface area contributed by atoms with E-state index in [0.29, 0.717) is 13.0 Å². The van der Waals surface area contributed by atoms with Crippen LogP contribution in [0.4, 0.5) is 5.69 Å². The fourth-order valence-corrected chi connectivity index (χ4v) is 4.91. The number of β-amino-alcohol motifs (C(OH)–C–C–N with tert-alkyl or cyclic N) is 1. The molecule has 2 atom stereocenters. The zero-order valence-electron chi connectivity index (χ0n) is 13.2. The minimum Gasteiger partial charge on any atom is -0.387 e. The predicted molar refractivity (Wildman–Crippen MR) is 87.6 cm³/mol. The Hall–Kier alpha value is -1.11. The largest absolute Gasteiger partial charge is 0.387 e. The van der Waals surface area contributed by atoms with Crippen LogP contribution in [-0.2, 0) is 16.4 Å². The Bertz CT molecular complexity index is 653. The molecule has 0 bridgehead atoms. The van der Waals surface area contributed by atoms with Gasteiger partial charge in [0.25, 0.3) is 0 Å². The fourth-order valence-electron chi connectivity index (χ4n) is 3.65. The molecule has 22 heavy (non-hydrogen) atoms. The van der Waals surface area contributed by atoms with Crippen LogP contribution < -0.4 is 4.31 Å². The van der Waals surface area contributed by atoms with Crippen LogP contribution in [0.1, 0.15) is 37.0 Å². The summed E-state index contributed by atoms with van der Waals surface area (Å²) in [7, 11) is -3.25. The predicted octanol–water partition coefficient (Wildman–Crippen LogP) is 1.53. The van der Waals surface area contributed by atoms with Crippen molar-refractivity contribution in [1.82, 2.24) is 4.90 Å². The van der Waals surface area contributed by atoms with Gasteiger partial charge in [0.1, 0.15) is 0 Å². The number of hydrogen-bond donors (Lipinski definition) is 1. The Morgan fingerprint density at radius 1 is 1.32 bits per heavy atom. The minimum absolute atomic E-state index is 0.0593. The second kappa shape index (κ2) is 5.83. The number of benzene rings is 1. The number of likely N-dealkylation sites (tertiary alicyclic amines) is 1. The van der Waals surface area contributed by atoms with Crippen LogP contribution in [0.15, 0.2) is 18.2 Å². The van der Waals surface area contributed by atoms with Crippen molar-refractivity contribution in [3.63, 3.8) is 0 Å². The molecule has 0 unspecified atom stereocenters. The number of fused-ring (bicyclic) bond motifs is 1. The highest BCUT2D eigenvalue weighted by atomic mass is 32.2. The number of aliphatic hydroxyl groups is 1. The average molecular weight is 324 g/mol. The highest BCUT2D eigenvalue weighted by Gasteiger charge is 2.32. The van der Waals surface area contributed by atoms with Gasteiger partial charge in [-0.15, -0.1) is 0 Å². The molecule has 1 N–H and O–H groups in total. The van der Waals surface area contributed by atoms with E-state index in [9.17, 15) is 13.5 Å². The van der Waals surface area contributed by atoms with Crippen LogP contribution in [-0.4, -0.2) is 50.4 Å². The van der Waals surface area contributed by atoms with Crippen LogP contribution in [0.25, 0.3) is 0 Å². The van der Waals surface area contributed by atoms with Crippen molar-refractivity contribution in [2.75, 3.05) is 30.2 Å². The lowest BCUT2D eigenvalue weighted by Gasteiger charge is -2.22. The molecule has 1 fully saturated rings. The molecule has 2 aliphatic rings. The van der Waals surface area contributed by atoms with Crippen LogP contribution >= 0.6 is 0 Å². The van der Waals surface area contributed by atoms with E-state index >= 15 is 0 Å². The van der Waals surface area contributed by atoms with Gasteiger partial charge in [-0.2, -0.15) is 0 Å². The van der Waals surface area contributed by atoms with Gasteiger partial charge in [0, 0.05) is 12.6 Å². The third kappa shape index (κ3) is 3.00. The maximum atomic E-state index is 11.9. The summed E-state index contributed by atoms with van der Waals surface area (Å²) in [6.45, 7) is 4.69. The lowest BCUT2D eigenvalue weighted by Crippen LogP contribution is -2.34. The molecule has 1 aromatic carbocycles. The smallest absolute Gasteiger partial charge is 0.232 e. The third-order valence-electron chi connectivity index (χ3n) is 4.63. The number of aliphatic hydroxyl groups excluding tert-OH is 1. The lowest BCUT2D eigenvalue weighted by molar-refractivity contribution is 0.126. The summed E-state index contributed by atoms with van der Waals surface area (Å²) in [6.07, 6.45) is 3.85. The lowest BCUT2D eigenvalue weighted by atomic mass is 10.0. The monoisotopic (exact) mass is 324 g/mol. The molecule has 0 aliphatic carbocycles. The van der Waals surface area contributed by atoms with E-state index in [-0.39, 0.29) is 6.04 Å². The van der Waals surface area contributed by atoms with Crippen molar-refractivity contribution in [3.05, 3.63) is 29.3 Å². The number of hydrogen-bond acceptors (Lipinski definition) is 4.